The largest absolute Gasteiger partial charge is 0.462 e. The smallest absolute Gasteiger partial charge is 0.338 e. The molecule has 0 saturated carbocycles. The van der Waals surface area contributed by atoms with Gasteiger partial charge in [-0.2, -0.15) is 0 Å². The van der Waals surface area contributed by atoms with Crippen LogP contribution in [0.3, 0.4) is 0 Å². The molecule has 190 valence electrons. The Kier molecular flexibility index (Phi) is 9.25. The van der Waals surface area contributed by atoms with Gasteiger partial charge in [0.2, 0.25) is 5.91 Å². The van der Waals surface area contributed by atoms with Crippen molar-refractivity contribution in [3.8, 4) is 0 Å². The van der Waals surface area contributed by atoms with Crippen LogP contribution >= 0.6 is 0 Å². The van der Waals surface area contributed by atoms with Crippen LogP contribution in [0.25, 0.3) is 0 Å². The van der Waals surface area contributed by atoms with Gasteiger partial charge in [-0.3, -0.25) is 9.10 Å². The number of benzene rings is 3. The predicted octanol–water partition coefficient (Wildman–Crippen LogP) is 5.35. The van der Waals surface area contributed by atoms with Crippen molar-refractivity contribution in [1.82, 2.24) is 0 Å². The van der Waals surface area contributed by atoms with Crippen molar-refractivity contribution in [3.63, 3.8) is 0 Å². The summed E-state index contributed by atoms with van der Waals surface area (Å²) in [5.74, 6) is -0.928. The molecule has 3 aromatic carbocycles. The van der Waals surface area contributed by atoms with Crippen LogP contribution in [0.1, 0.15) is 48.2 Å². The third kappa shape index (κ3) is 6.73. The van der Waals surface area contributed by atoms with E-state index in [-0.39, 0.29) is 4.90 Å². The number of hydrogen-bond acceptors (Lipinski definition) is 5. The monoisotopic (exact) mass is 508 g/mol. The highest BCUT2D eigenvalue weighted by Gasteiger charge is 2.28. The Bertz CT molecular complexity index is 1290. The molecule has 7 nitrogen and oxygen atoms in total. The number of sulfonamides is 1. The zero-order chi connectivity index (χ0) is 26.1. The van der Waals surface area contributed by atoms with Crippen LogP contribution < -0.4 is 9.62 Å². The molecule has 3 rings (SSSR count). The lowest BCUT2D eigenvalue weighted by Crippen LogP contribution is -2.38. The van der Waals surface area contributed by atoms with Crippen molar-refractivity contribution in [1.29, 1.82) is 0 Å². The first-order chi connectivity index (χ1) is 17.3. The molecule has 0 radical (unpaired) electrons. The minimum atomic E-state index is -4.01. The molecule has 3 aromatic rings. The highest BCUT2D eigenvalue weighted by Crippen LogP contribution is 2.28. The topological polar surface area (TPSA) is 92.8 Å². The number of aryl methyl sites for hydroxylation is 2. The molecule has 0 bridgehead atoms. The number of carbonyl (C=O) groups excluding carboxylic acids is 2. The van der Waals surface area contributed by atoms with Crippen molar-refractivity contribution in [2.45, 2.75) is 44.9 Å². The van der Waals surface area contributed by atoms with Crippen molar-refractivity contribution in [3.05, 3.63) is 89.5 Å². The van der Waals surface area contributed by atoms with Gasteiger partial charge in [-0.1, -0.05) is 56.2 Å². The summed E-state index contributed by atoms with van der Waals surface area (Å²) in [6.07, 6.45) is 2.33. The van der Waals surface area contributed by atoms with Crippen molar-refractivity contribution in [2.75, 3.05) is 22.8 Å². The quantitative estimate of drug-likeness (QED) is 0.278. The molecule has 0 atom stereocenters. The van der Waals surface area contributed by atoms with Gasteiger partial charge in [0.1, 0.15) is 6.54 Å². The van der Waals surface area contributed by atoms with Crippen LogP contribution in [0, 0.1) is 6.92 Å². The lowest BCUT2D eigenvalue weighted by molar-refractivity contribution is -0.114. The second-order valence-corrected chi connectivity index (χ2v) is 10.3. The van der Waals surface area contributed by atoms with Crippen molar-refractivity contribution in [2.24, 2.45) is 0 Å². The standard InChI is InChI=1S/C28H32N2O5S/c1-4-6-19-35-28(32)23-13-15-24(16-14-23)29-27(31)20-30(26-10-8-7-9-22(26)5-2)36(33,34)25-17-11-21(3)12-18-25/h7-18H,4-6,19-20H2,1-3H3,(H,29,31). The first-order valence-electron chi connectivity index (χ1n) is 12.0. The number of anilines is 2. The Morgan fingerprint density at radius 3 is 2.22 bits per heavy atom. The number of esters is 1. The van der Waals surface area contributed by atoms with Gasteiger partial charge in [-0.05, 0) is 67.8 Å². The van der Waals surface area contributed by atoms with Gasteiger partial charge in [-0.15, -0.1) is 0 Å². The van der Waals surface area contributed by atoms with E-state index in [1.807, 2.05) is 32.9 Å². The number of unbranched alkanes of at least 4 members (excludes halogenated alkanes) is 1. The van der Waals surface area contributed by atoms with E-state index in [0.717, 1.165) is 28.3 Å². The molecule has 8 heteroatoms. The molecule has 1 amide bonds. The molecule has 0 saturated heterocycles. The van der Waals surface area contributed by atoms with Crippen LogP contribution in [0.15, 0.2) is 77.7 Å². The summed E-state index contributed by atoms with van der Waals surface area (Å²) in [7, 11) is -4.01. The fourth-order valence-corrected chi connectivity index (χ4v) is 5.06. The molecule has 36 heavy (non-hydrogen) atoms. The van der Waals surface area contributed by atoms with E-state index in [4.69, 9.17) is 4.74 Å². The predicted molar refractivity (Wildman–Crippen MR) is 142 cm³/mol. The summed E-state index contributed by atoms with van der Waals surface area (Å²) in [4.78, 5) is 25.2. The lowest BCUT2D eigenvalue weighted by Gasteiger charge is -2.26. The Labute approximate surface area is 213 Å². The summed E-state index contributed by atoms with van der Waals surface area (Å²) < 4.78 is 33.6. The summed E-state index contributed by atoms with van der Waals surface area (Å²) >= 11 is 0. The maximum Gasteiger partial charge on any atom is 0.338 e. The van der Waals surface area contributed by atoms with Crippen LogP contribution in [0.4, 0.5) is 11.4 Å². The van der Waals surface area contributed by atoms with Crippen LogP contribution in [-0.2, 0) is 26.0 Å². The van der Waals surface area contributed by atoms with E-state index < -0.39 is 28.4 Å². The van der Waals surface area contributed by atoms with Gasteiger partial charge in [0, 0.05) is 5.69 Å². The number of ether oxygens (including phenoxy) is 1. The summed E-state index contributed by atoms with van der Waals surface area (Å²) in [5, 5.41) is 2.73. The van der Waals surface area contributed by atoms with Gasteiger partial charge in [0.15, 0.2) is 0 Å². The maximum atomic E-state index is 13.6. The third-order valence-corrected chi connectivity index (χ3v) is 7.45. The average molecular weight is 509 g/mol. The highest BCUT2D eigenvalue weighted by molar-refractivity contribution is 7.92. The molecular weight excluding hydrogens is 476 g/mol. The fourth-order valence-electron chi connectivity index (χ4n) is 3.60. The highest BCUT2D eigenvalue weighted by atomic mass is 32.2. The summed E-state index contributed by atoms with van der Waals surface area (Å²) in [6.45, 7) is 5.78. The number of hydrogen-bond donors (Lipinski definition) is 1. The van der Waals surface area contributed by atoms with Gasteiger partial charge in [0.05, 0.1) is 22.8 Å². The molecular formula is C28H32N2O5S. The van der Waals surface area contributed by atoms with Gasteiger partial charge in [-0.25, -0.2) is 13.2 Å². The minimum absolute atomic E-state index is 0.109. The number of nitrogens with one attached hydrogen (secondary N) is 1. The first kappa shape index (κ1) is 26.9. The zero-order valence-corrected chi connectivity index (χ0v) is 21.7. The van der Waals surface area contributed by atoms with Crippen LogP contribution in [0.2, 0.25) is 0 Å². The van der Waals surface area contributed by atoms with Gasteiger partial charge in [0.25, 0.3) is 10.0 Å². The number of para-hydroxylation sites is 1. The maximum absolute atomic E-state index is 13.6. The zero-order valence-electron chi connectivity index (χ0n) is 20.9. The molecule has 0 unspecified atom stereocenters. The molecule has 0 aliphatic heterocycles. The molecule has 0 spiro atoms. The van der Waals surface area contributed by atoms with Crippen LogP contribution in [0.5, 0.6) is 0 Å². The molecule has 1 N–H and O–H groups in total. The van der Waals surface area contributed by atoms with E-state index in [2.05, 4.69) is 5.32 Å². The van der Waals surface area contributed by atoms with E-state index in [1.165, 1.54) is 0 Å². The molecule has 0 aliphatic carbocycles. The average Bonchev–Trinajstić information content (AvgIpc) is 2.88. The lowest BCUT2D eigenvalue weighted by atomic mass is 10.1. The summed E-state index contributed by atoms with van der Waals surface area (Å²) in [5.41, 5.74) is 3.03. The number of rotatable bonds is 11. The number of amides is 1. The molecule has 0 aliphatic rings. The number of nitrogens with zero attached hydrogens (tertiary/aromatic N) is 1. The van der Waals surface area contributed by atoms with Crippen LogP contribution in [-0.4, -0.2) is 33.4 Å². The SMILES string of the molecule is CCCCOC(=O)c1ccc(NC(=O)CN(c2ccccc2CC)S(=O)(=O)c2ccc(C)cc2)cc1. The molecule has 0 aromatic heterocycles. The summed E-state index contributed by atoms with van der Waals surface area (Å²) in [6, 6.07) is 20.0. The Balaban J connectivity index is 1.82. The van der Waals surface area contributed by atoms with E-state index in [1.54, 1.807) is 60.7 Å². The normalized spacial score (nSPS) is 11.1. The second-order valence-electron chi connectivity index (χ2n) is 8.42. The van der Waals surface area contributed by atoms with Gasteiger partial charge >= 0.3 is 5.97 Å². The van der Waals surface area contributed by atoms with Crippen molar-refractivity contribution >= 4 is 33.3 Å². The Morgan fingerprint density at radius 2 is 1.58 bits per heavy atom. The Hall–Kier alpha value is -3.65. The fraction of sp³-hybridized carbons (Fsp3) is 0.286. The van der Waals surface area contributed by atoms with E-state index in [9.17, 15) is 18.0 Å². The van der Waals surface area contributed by atoms with Crippen molar-refractivity contribution < 1.29 is 22.7 Å². The number of carbonyl (C=O) groups is 2. The van der Waals surface area contributed by atoms with E-state index in [0.29, 0.717) is 30.0 Å². The van der Waals surface area contributed by atoms with Gasteiger partial charge < -0.3 is 10.1 Å². The second kappa shape index (κ2) is 12.4. The first-order valence-corrected chi connectivity index (χ1v) is 13.4. The minimum Gasteiger partial charge on any atom is -0.462 e. The molecule has 0 heterocycles. The third-order valence-electron chi connectivity index (χ3n) is 5.67. The molecule has 0 fully saturated rings. The van der Waals surface area contributed by atoms with E-state index >= 15 is 0 Å². The Morgan fingerprint density at radius 1 is 0.917 bits per heavy atom.